The maximum absolute atomic E-state index is 14.2. The van der Waals surface area contributed by atoms with Gasteiger partial charge in [-0.2, -0.15) is 18.2 Å². The number of halogens is 1. The second-order valence-corrected chi connectivity index (χ2v) is 20.4. The Morgan fingerprint density at radius 3 is 2.17 bits per heavy atom. The number of amides is 2. The molecule has 0 fully saturated rings. The molecule has 0 aliphatic heterocycles. The van der Waals surface area contributed by atoms with Gasteiger partial charge in [0.1, 0.15) is 16.5 Å². The van der Waals surface area contributed by atoms with Crippen LogP contribution < -0.4 is 25.3 Å². The Labute approximate surface area is 359 Å². The molecule has 0 saturated heterocycles. The van der Waals surface area contributed by atoms with Crippen LogP contribution in [-0.2, 0) is 30.4 Å². The van der Waals surface area contributed by atoms with E-state index >= 15 is 0 Å². The van der Waals surface area contributed by atoms with E-state index in [-0.39, 0.29) is 49.5 Å². The van der Waals surface area contributed by atoms with Gasteiger partial charge in [0.15, 0.2) is 0 Å². The highest BCUT2D eigenvalue weighted by Gasteiger charge is 2.28. The fourth-order valence-corrected chi connectivity index (χ4v) is 8.01. The van der Waals surface area contributed by atoms with Crippen LogP contribution >= 0.6 is 22.9 Å². The zero-order valence-electron chi connectivity index (χ0n) is 36.4. The molecule has 1 heterocycles. The quantitative estimate of drug-likeness (QED) is 0.0646. The van der Waals surface area contributed by atoms with Gasteiger partial charge in [0.2, 0.25) is 10.7 Å². The van der Waals surface area contributed by atoms with Gasteiger partial charge < -0.3 is 20.5 Å². The van der Waals surface area contributed by atoms with Gasteiger partial charge >= 0.3 is 0 Å². The number of aryl methyl sites for hydroxylation is 1. The van der Waals surface area contributed by atoms with Gasteiger partial charge in [-0.1, -0.05) is 135 Å². The number of benzene rings is 3. The Bertz CT molecular complexity index is 2370. The monoisotopic (exact) mass is 864 g/mol. The Balaban J connectivity index is 1.56. The first kappa shape index (κ1) is 47.2. The van der Waals surface area contributed by atoms with Crippen molar-refractivity contribution in [3.8, 4) is 5.75 Å². The molecule has 0 aliphatic carbocycles. The summed E-state index contributed by atoms with van der Waals surface area (Å²) >= 11 is 7.51. The molecule has 0 spiro atoms. The SMILES string of the molecule is CCC(C)(C)c1ccc(OCCCC(=O)Nc2ccc(Cl)c(NC(=O)/C(=C(\[O-])C(C)(C)C)n3nc(C(C)C)s/c3=N\S(=O)(=O)c3ccc(C)cc3)c2)c(C(C)(C)CC)c1. The van der Waals surface area contributed by atoms with Gasteiger partial charge in [-0.05, 0) is 84.4 Å². The topological polar surface area (TPSA) is 155 Å². The molecule has 2 amide bonds. The molecule has 4 aromatic rings. The highest BCUT2D eigenvalue weighted by Crippen LogP contribution is 2.39. The van der Waals surface area contributed by atoms with Gasteiger partial charge in [0.05, 0.1) is 22.2 Å². The fourth-order valence-electron chi connectivity index (χ4n) is 5.77. The average Bonchev–Trinajstić information content (AvgIpc) is 3.57. The number of nitrogens with one attached hydrogen (secondary N) is 2. The van der Waals surface area contributed by atoms with Crippen LogP contribution in [0, 0.1) is 12.3 Å². The van der Waals surface area contributed by atoms with Gasteiger partial charge in [-0.15, -0.1) is 4.40 Å². The van der Waals surface area contributed by atoms with Crippen LogP contribution in [0.25, 0.3) is 5.70 Å². The lowest BCUT2D eigenvalue weighted by Crippen LogP contribution is -2.34. The van der Waals surface area contributed by atoms with E-state index in [2.05, 4.69) is 73.8 Å². The third-order valence-corrected chi connectivity index (χ3v) is 13.4. The summed E-state index contributed by atoms with van der Waals surface area (Å²) in [5.74, 6) is -1.13. The number of rotatable bonds is 16. The van der Waals surface area contributed by atoms with Gasteiger partial charge in [-0.25, -0.2) is 0 Å². The smallest absolute Gasteiger partial charge is 0.285 e. The molecule has 0 saturated carbocycles. The highest BCUT2D eigenvalue weighted by atomic mass is 35.5. The van der Waals surface area contributed by atoms with E-state index in [9.17, 15) is 23.1 Å². The lowest BCUT2D eigenvalue weighted by atomic mass is 9.76. The van der Waals surface area contributed by atoms with E-state index < -0.39 is 32.8 Å². The number of sulfonamides is 1. The van der Waals surface area contributed by atoms with Gasteiger partial charge in [0.25, 0.3) is 15.9 Å². The predicted octanol–water partition coefficient (Wildman–Crippen LogP) is 9.71. The summed E-state index contributed by atoms with van der Waals surface area (Å²) in [7, 11) is -4.26. The van der Waals surface area contributed by atoms with E-state index in [0.29, 0.717) is 23.7 Å². The Morgan fingerprint density at radius 2 is 1.58 bits per heavy atom. The van der Waals surface area contributed by atoms with Crippen molar-refractivity contribution in [1.82, 2.24) is 9.78 Å². The maximum atomic E-state index is 14.2. The third-order valence-electron chi connectivity index (χ3n) is 10.5. The molecule has 14 heteroatoms. The van der Waals surface area contributed by atoms with Crippen LogP contribution in [0.5, 0.6) is 5.75 Å². The molecule has 0 aliphatic rings. The summed E-state index contributed by atoms with van der Waals surface area (Å²) in [5, 5.41) is 24.7. The summed E-state index contributed by atoms with van der Waals surface area (Å²) in [6.07, 6.45) is 2.58. The summed E-state index contributed by atoms with van der Waals surface area (Å²) < 4.78 is 38.3. The van der Waals surface area contributed by atoms with Crippen molar-refractivity contribution in [2.75, 3.05) is 17.2 Å². The summed E-state index contributed by atoms with van der Waals surface area (Å²) in [6.45, 7) is 24.1. The molecule has 3 aromatic carbocycles. The molecule has 320 valence electrons. The van der Waals surface area contributed by atoms with E-state index in [1.807, 2.05) is 26.8 Å². The van der Waals surface area contributed by atoms with Crippen molar-refractivity contribution in [3.05, 3.63) is 97.9 Å². The van der Waals surface area contributed by atoms with Crippen molar-refractivity contribution in [3.63, 3.8) is 0 Å². The fraction of sp³-hybridized carbons (Fsp3) is 0.467. The lowest BCUT2D eigenvalue weighted by Gasteiger charge is -2.31. The minimum absolute atomic E-state index is 0.0365. The number of carbonyl (C=O) groups excluding carboxylic acids is 2. The van der Waals surface area contributed by atoms with Crippen LogP contribution in [0.1, 0.15) is 129 Å². The molecule has 0 bridgehead atoms. The Morgan fingerprint density at radius 1 is 0.932 bits per heavy atom. The van der Waals surface area contributed by atoms with Crippen molar-refractivity contribution < 1.29 is 27.9 Å². The van der Waals surface area contributed by atoms with Gasteiger partial charge in [0, 0.05) is 23.6 Å². The van der Waals surface area contributed by atoms with Crippen molar-refractivity contribution in [2.45, 2.75) is 130 Å². The van der Waals surface area contributed by atoms with Crippen molar-refractivity contribution >= 4 is 61.8 Å². The maximum Gasteiger partial charge on any atom is 0.285 e. The Kier molecular flexibility index (Phi) is 15.1. The van der Waals surface area contributed by atoms with E-state index in [0.717, 1.165) is 45.7 Å². The number of carbonyl (C=O) groups is 2. The zero-order valence-corrected chi connectivity index (χ0v) is 38.8. The van der Waals surface area contributed by atoms with Crippen LogP contribution in [0.4, 0.5) is 11.4 Å². The average molecular weight is 866 g/mol. The molecule has 0 radical (unpaired) electrons. The van der Waals surface area contributed by atoms with Crippen LogP contribution in [-0.4, -0.2) is 36.6 Å². The Hall–Kier alpha value is -4.46. The third kappa shape index (κ3) is 11.9. The molecule has 0 unspecified atom stereocenters. The zero-order chi connectivity index (χ0) is 44.1. The number of hydrogen-bond acceptors (Lipinski definition) is 8. The highest BCUT2D eigenvalue weighted by molar-refractivity contribution is 7.90. The number of ether oxygens (including phenoxy) is 1. The van der Waals surface area contributed by atoms with Crippen molar-refractivity contribution in [2.24, 2.45) is 9.81 Å². The minimum atomic E-state index is -4.26. The first-order valence-electron chi connectivity index (χ1n) is 20.0. The second kappa shape index (κ2) is 18.9. The van der Waals surface area contributed by atoms with Crippen LogP contribution in [0.3, 0.4) is 0 Å². The summed E-state index contributed by atoms with van der Waals surface area (Å²) in [4.78, 5) is 27.1. The van der Waals surface area contributed by atoms with Crippen LogP contribution in [0.2, 0.25) is 5.02 Å². The molecule has 11 nitrogen and oxygen atoms in total. The summed E-state index contributed by atoms with van der Waals surface area (Å²) in [6, 6.07) is 17.2. The first-order chi connectivity index (χ1) is 27.4. The number of nitrogens with zero attached hydrogens (tertiary/aromatic N) is 3. The molecule has 59 heavy (non-hydrogen) atoms. The predicted molar refractivity (Wildman–Crippen MR) is 237 cm³/mol. The van der Waals surface area contributed by atoms with Crippen LogP contribution in [0.15, 0.2) is 75.7 Å². The van der Waals surface area contributed by atoms with E-state index in [4.69, 9.17) is 16.3 Å². The first-order valence-corrected chi connectivity index (χ1v) is 22.6. The number of allylic oxidation sites excluding steroid dienone is 1. The molecular weight excluding hydrogens is 806 g/mol. The lowest BCUT2D eigenvalue weighted by molar-refractivity contribution is -0.321. The number of anilines is 2. The van der Waals surface area contributed by atoms with Gasteiger partial charge in [-0.3, -0.25) is 9.59 Å². The normalized spacial score (nSPS) is 13.4. The number of hydrogen-bond donors (Lipinski definition) is 2. The second-order valence-electron chi connectivity index (χ2n) is 17.4. The molecule has 4 rings (SSSR count). The summed E-state index contributed by atoms with van der Waals surface area (Å²) in [5.41, 5.74) is 2.18. The molecule has 2 N–H and O–H groups in total. The minimum Gasteiger partial charge on any atom is -0.874 e. The molecule has 1 aromatic heterocycles. The van der Waals surface area contributed by atoms with E-state index in [1.165, 1.54) is 29.8 Å². The number of aromatic nitrogens is 2. The molecule has 0 atom stereocenters. The van der Waals surface area contributed by atoms with E-state index in [1.54, 1.807) is 39.0 Å². The van der Waals surface area contributed by atoms with Crippen molar-refractivity contribution in [1.29, 1.82) is 0 Å². The standard InChI is InChI=1S/C45H60ClN5O6S2/c1-13-44(9,10)30-19-24-36(33(26-30)45(11,12)14-2)57-25-15-16-37(52)47-31-20-23-34(46)35(27-31)48-40(54)38(39(53)43(6,7)8)51-42(58-41(49-51)28(3)4)50-59(55,56)32-21-17-29(5)18-22-32/h17-24,26-28,53H,13-16,25H2,1-12H3,(H,47,52)(H,48,54)/p-1/b39-38+,50-42-. The largest absolute Gasteiger partial charge is 0.874 e. The molecular formula is C45H59ClN5O6S2-.